The molecule has 21 heavy (non-hydrogen) atoms. The summed E-state index contributed by atoms with van der Waals surface area (Å²) in [6, 6.07) is 2.10. The van der Waals surface area contributed by atoms with E-state index in [9.17, 15) is 13.2 Å². The summed E-state index contributed by atoms with van der Waals surface area (Å²) in [5.74, 6) is 0.835. The van der Waals surface area contributed by atoms with Gasteiger partial charge in [-0.2, -0.15) is 13.2 Å². The van der Waals surface area contributed by atoms with Crippen molar-refractivity contribution in [3.8, 4) is 5.88 Å². The van der Waals surface area contributed by atoms with Gasteiger partial charge >= 0.3 is 6.18 Å². The molecule has 3 rings (SSSR count). The highest BCUT2D eigenvalue weighted by Crippen LogP contribution is 2.47. The molecule has 1 saturated carbocycles. The number of halogens is 3. The van der Waals surface area contributed by atoms with Crippen molar-refractivity contribution in [2.75, 3.05) is 0 Å². The van der Waals surface area contributed by atoms with Gasteiger partial charge in [0.15, 0.2) is 11.4 Å². The van der Waals surface area contributed by atoms with Gasteiger partial charge in [0.05, 0.1) is 5.56 Å². The minimum atomic E-state index is -4.42. The zero-order valence-electron chi connectivity index (χ0n) is 10.9. The first-order valence-corrected chi connectivity index (χ1v) is 6.16. The minimum Gasteiger partial charge on any atom is -0.463 e. The standard InChI is InChI=1S/C12H10F3N5O/c1-7-17-19-10(20-18-7)11(4-5-11)21-9-3-2-8(6-16-9)12(13,14)15/h2-3,6H,4-5H2,1H3. The van der Waals surface area contributed by atoms with Crippen LogP contribution in [0, 0.1) is 6.92 Å². The number of nitrogens with zero attached hydrogens (tertiary/aromatic N) is 5. The van der Waals surface area contributed by atoms with Crippen LogP contribution in [-0.2, 0) is 11.8 Å². The minimum absolute atomic E-state index is 0.0877. The molecule has 0 bridgehead atoms. The van der Waals surface area contributed by atoms with E-state index in [-0.39, 0.29) is 5.88 Å². The number of hydrogen-bond donors (Lipinski definition) is 0. The number of alkyl halides is 3. The molecule has 0 saturated heterocycles. The van der Waals surface area contributed by atoms with Crippen LogP contribution in [0.2, 0.25) is 0 Å². The quantitative estimate of drug-likeness (QED) is 0.863. The Balaban J connectivity index is 1.79. The second-order valence-corrected chi connectivity index (χ2v) is 4.75. The van der Waals surface area contributed by atoms with Gasteiger partial charge in [-0.3, -0.25) is 0 Å². The molecule has 0 aromatic carbocycles. The lowest BCUT2D eigenvalue weighted by atomic mass is 10.3. The number of aromatic nitrogens is 5. The summed E-state index contributed by atoms with van der Waals surface area (Å²) in [6.07, 6.45) is -2.40. The summed E-state index contributed by atoms with van der Waals surface area (Å²) < 4.78 is 43.0. The lowest BCUT2D eigenvalue weighted by molar-refractivity contribution is -0.137. The van der Waals surface area contributed by atoms with Crippen LogP contribution < -0.4 is 4.74 Å². The van der Waals surface area contributed by atoms with E-state index in [4.69, 9.17) is 4.74 Å². The Hall–Kier alpha value is -2.32. The summed E-state index contributed by atoms with van der Waals surface area (Å²) in [5.41, 5.74) is -1.60. The maximum absolute atomic E-state index is 12.5. The molecule has 0 spiro atoms. The largest absolute Gasteiger partial charge is 0.463 e. The molecule has 2 aromatic rings. The average Bonchev–Trinajstić information content (AvgIpc) is 3.20. The third-order valence-corrected chi connectivity index (χ3v) is 3.05. The van der Waals surface area contributed by atoms with Crippen LogP contribution in [0.15, 0.2) is 18.3 Å². The van der Waals surface area contributed by atoms with Gasteiger partial charge in [0.2, 0.25) is 11.7 Å². The SMILES string of the molecule is Cc1nnc(C2(Oc3ccc(C(F)(F)F)cn3)CC2)nn1. The fourth-order valence-corrected chi connectivity index (χ4v) is 1.76. The number of rotatable bonds is 3. The van der Waals surface area contributed by atoms with Crippen molar-refractivity contribution >= 4 is 0 Å². The molecule has 0 aliphatic heterocycles. The Morgan fingerprint density at radius 3 is 2.24 bits per heavy atom. The lowest BCUT2D eigenvalue weighted by Gasteiger charge is -2.15. The zero-order valence-corrected chi connectivity index (χ0v) is 10.9. The molecule has 1 aliphatic rings. The van der Waals surface area contributed by atoms with Gasteiger partial charge in [0.25, 0.3) is 0 Å². The van der Waals surface area contributed by atoms with E-state index in [1.165, 1.54) is 6.07 Å². The maximum atomic E-state index is 12.5. The van der Waals surface area contributed by atoms with Crippen LogP contribution in [0.3, 0.4) is 0 Å². The molecule has 1 aliphatic carbocycles. The van der Waals surface area contributed by atoms with E-state index in [1.54, 1.807) is 6.92 Å². The molecular weight excluding hydrogens is 287 g/mol. The fraction of sp³-hybridized carbons (Fsp3) is 0.417. The highest BCUT2D eigenvalue weighted by molar-refractivity contribution is 5.23. The monoisotopic (exact) mass is 297 g/mol. The van der Waals surface area contributed by atoms with E-state index >= 15 is 0 Å². The predicted octanol–water partition coefficient (Wildman–Crippen LogP) is 2.06. The van der Waals surface area contributed by atoms with Crippen molar-refractivity contribution in [1.82, 2.24) is 25.4 Å². The van der Waals surface area contributed by atoms with Crippen molar-refractivity contribution in [3.63, 3.8) is 0 Å². The van der Waals surface area contributed by atoms with Crippen molar-refractivity contribution in [2.45, 2.75) is 31.5 Å². The Labute approximate surface area is 117 Å². The topological polar surface area (TPSA) is 73.7 Å². The molecule has 9 heteroatoms. The van der Waals surface area contributed by atoms with Crippen LogP contribution in [0.1, 0.15) is 30.1 Å². The summed E-state index contributed by atoms with van der Waals surface area (Å²) >= 11 is 0. The normalized spacial score (nSPS) is 16.6. The highest BCUT2D eigenvalue weighted by Gasteiger charge is 2.51. The average molecular weight is 297 g/mol. The van der Waals surface area contributed by atoms with E-state index < -0.39 is 17.3 Å². The first kappa shape index (κ1) is 13.7. The molecule has 0 amide bonds. The molecule has 0 unspecified atom stereocenters. The number of ether oxygens (including phenoxy) is 1. The Kier molecular flexibility index (Phi) is 2.99. The first-order valence-electron chi connectivity index (χ1n) is 6.16. The summed E-state index contributed by atoms with van der Waals surface area (Å²) in [4.78, 5) is 3.67. The smallest absolute Gasteiger partial charge is 0.417 e. The summed E-state index contributed by atoms with van der Waals surface area (Å²) in [5, 5.41) is 15.4. The van der Waals surface area contributed by atoms with Gasteiger partial charge in [-0.05, 0) is 25.8 Å². The van der Waals surface area contributed by atoms with E-state index in [2.05, 4.69) is 25.4 Å². The lowest BCUT2D eigenvalue weighted by Crippen LogP contribution is -2.21. The van der Waals surface area contributed by atoms with Crippen LogP contribution in [0.4, 0.5) is 13.2 Å². The van der Waals surface area contributed by atoms with Crippen molar-refractivity contribution in [3.05, 3.63) is 35.5 Å². The molecule has 0 radical (unpaired) electrons. The van der Waals surface area contributed by atoms with Gasteiger partial charge in [-0.25, -0.2) is 4.98 Å². The summed E-state index contributed by atoms with van der Waals surface area (Å²) in [6.45, 7) is 1.65. The Bertz CT molecular complexity index is 637. The first-order chi connectivity index (χ1) is 9.89. The highest BCUT2D eigenvalue weighted by atomic mass is 19.4. The second-order valence-electron chi connectivity index (χ2n) is 4.75. The zero-order chi connectivity index (χ0) is 15.1. The van der Waals surface area contributed by atoms with Crippen LogP contribution >= 0.6 is 0 Å². The van der Waals surface area contributed by atoms with Crippen LogP contribution in [-0.4, -0.2) is 25.4 Å². The third kappa shape index (κ3) is 2.76. The molecule has 6 nitrogen and oxygen atoms in total. The van der Waals surface area contributed by atoms with E-state index in [1.807, 2.05) is 0 Å². The molecule has 110 valence electrons. The van der Waals surface area contributed by atoms with Crippen molar-refractivity contribution < 1.29 is 17.9 Å². The van der Waals surface area contributed by atoms with E-state index in [0.717, 1.165) is 12.3 Å². The molecular formula is C12H10F3N5O. The molecule has 1 fully saturated rings. The van der Waals surface area contributed by atoms with E-state index in [0.29, 0.717) is 24.5 Å². The van der Waals surface area contributed by atoms with Crippen molar-refractivity contribution in [2.24, 2.45) is 0 Å². The molecule has 2 aromatic heterocycles. The van der Waals surface area contributed by atoms with Crippen molar-refractivity contribution in [1.29, 1.82) is 0 Å². The number of aryl methyl sites for hydroxylation is 1. The van der Waals surface area contributed by atoms with Gasteiger partial charge in [-0.15, -0.1) is 20.4 Å². The second kappa shape index (κ2) is 4.61. The molecule has 0 N–H and O–H groups in total. The van der Waals surface area contributed by atoms with Gasteiger partial charge in [0, 0.05) is 12.3 Å². The predicted molar refractivity (Wildman–Crippen MR) is 63.1 cm³/mol. The molecule has 0 atom stereocenters. The summed E-state index contributed by atoms with van der Waals surface area (Å²) in [7, 11) is 0. The molecule has 2 heterocycles. The number of pyridine rings is 1. The van der Waals surface area contributed by atoms with Crippen LogP contribution in [0.5, 0.6) is 5.88 Å². The fourth-order valence-electron chi connectivity index (χ4n) is 1.76. The third-order valence-electron chi connectivity index (χ3n) is 3.05. The van der Waals surface area contributed by atoms with Gasteiger partial charge in [0.1, 0.15) is 0 Å². The van der Waals surface area contributed by atoms with Crippen LogP contribution in [0.25, 0.3) is 0 Å². The maximum Gasteiger partial charge on any atom is 0.417 e. The Morgan fingerprint density at radius 1 is 1.10 bits per heavy atom. The Morgan fingerprint density at radius 2 is 1.76 bits per heavy atom. The van der Waals surface area contributed by atoms with Gasteiger partial charge in [-0.1, -0.05) is 0 Å². The number of hydrogen-bond acceptors (Lipinski definition) is 6. The van der Waals surface area contributed by atoms with Gasteiger partial charge < -0.3 is 4.74 Å².